The molecule has 2 atom stereocenters. The Morgan fingerprint density at radius 3 is 2.55 bits per heavy atom. The summed E-state index contributed by atoms with van der Waals surface area (Å²) >= 11 is 0. The smallest absolute Gasteiger partial charge is 0.141 e. The summed E-state index contributed by atoms with van der Waals surface area (Å²) in [6.07, 6.45) is 12.5. The van der Waals surface area contributed by atoms with Crippen LogP contribution in [-0.4, -0.2) is 38.8 Å². The van der Waals surface area contributed by atoms with E-state index in [4.69, 9.17) is 4.74 Å². The van der Waals surface area contributed by atoms with Gasteiger partial charge in [-0.1, -0.05) is 18.6 Å². The van der Waals surface area contributed by atoms with Crippen LogP contribution in [0.4, 0.5) is 0 Å². The number of aliphatic hydroxyl groups is 1. The Kier molecular flexibility index (Phi) is 5.12. The number of nitrogens with zero attached hydrogens (tertiary/aromatic N) is 3. The van der Waals surface area contributed by atoms with E-state index in [0.717, 1.165) is 44.0 Å². The Morgan fingerprint density at radius 1 is 1.10 bits per heavy atom. The lowest BCUT2D eigenvalue weighted by Gasteiger charge is -2.52. The van der Waals surface area contributed by atoms with Crippen LogP contribution in [-0.2, 0) is 19.2 Å². The first-order valence-corrected chi connectivity index (χ1v) is 11.3. The second kappa shape index (κ2) is 7.77. The van der Waals surface area contributed by atoms with Crippen molar-refractivity contribution in [2.45, 2.75) is 63.2 Å². The Bertz CT molecular complexity index is 828. The van der Waals surface area contributed by atoms with Crippen LogP contribution < -0.4 is 4.74 Å². The molecule has 5 nitrogen and oxygen atoms in total. The Labute approximate surface area is 173 Å². The lowest BCUT2D eigenvalue weighted by atomic mass is 9.65. The number of piperidine rings is 1. The van der Waals surface area contributed by atoms with Crippen LogP contribution in [0.2, 0.25) is 0 Å². The van der Waals surface area contributed by atoms with E-state index in [9.17, 15) is 5.11 Å². The molecular weight excluding hydrogens is 362 g/mol. The summed E-state index contributed by atoms with van der Waals surface area (Å²) in [6.45, 7) is 2.77. The van der Waals surface area contributed by atoms with Gasteiger partial charge in [0.2, 0.25) is 0 Å². The third-order valence-corrected chi connectivity index (χ3v) is 7.40. The normalized spacial score (nSPS) is 30.6. The van der Waals surface area contributed by atoms with Gasteiger partial charge in [0.25, 0.3) is 0 Å². The number of likely N-dealkylation sites (tertiary alicyclic amines) is 1. The molecule has 1 N–H and O–H groups in total. The number of imidazole rings is 1. The molecular formula is C24H33N3O2. The molecule has 3 fully saturated rings. The van der Waals surface area contributed by atoms with Crippen LogP contribution in [0.5, 0.6) is 5.75 Å². The average molecular weight is 396 g/mol. The van der Waals surface area contributed by atoms with Gasteiger partial charge in [-0.2, -0.15) is 0 Å². The number of aromatic nitrogens is 2. The molecule has 156 valence electrons. The number of rotatable bonds is 5. The number of ether oxygens (including phenoxy) is 1. The van der Waals surface area contributed by atoms with E-state index >= 15 is 0 Å². The standard InChI is InChI=1S/C24H33N3O2/c1-26-13-12-25-23(26)24(28)19-7-5-8-20(24)17-27(16-19)15-18-6-4-11-22(14-18)29-21-9-2-3-10-21/h4,6,11-14,19-21,28H,2-3,5,7-10,15-17H2,1H3/t19-,20-/m1/s1. The highest BCUT2D eigenvalue weighted by molar-refractivity contribution is 5.29. The molecule has 5 rings (SSSR count). The molecule has 0 spiro atoms. The van der Waals surface area contributed by atoms with Crippen LogP contribution in [0.25, 0.3) is 0 Å². The molecule has 0 unspecified atom stereocenters. The van der Waals surface area contributed by atoms with Gasteiger partial charge in [0.1, 0.15) is 17.2 Å². The highest BCUT2D eigenvalue weighted by Gasteiger charge is 2.53. The zero-order valence-electron chi connectivity index (χ0n) is 17.5. The maximum absolute atomic E-state index is 11.7. The van der Waals surface area contributed by atoms with Gasteiger partial charge in [-0.25, -0.2) is 4.98 Å². The molecule has 1 aromatic heterocycles. The Balaban J connectivity index is 1.30. The molecule has 2 aliphatic carbocycles. The number of fused-ring (bicyclic) bond motifs is 2. The molecule has 1 aromatic carbocycles. The molecule has 2 saturated carbocycles. The second-order valence-electron chi connectivity index (χ2n) is 9.38. The molecule has 2 aromatic rings. The zero-order chi connectivity index (χ0) is 19.8. The van der Waals surface area contributed by atoms with Crippen molar-refractivity contribution in [2.24, 2.45) is 18.9 Å². The summed E-state index contributed by atoms with van der Waals surface area (Å²) in [5, 5.41) is 11.7. The largest absolute Gasteiger partial charge is 0.490 e. The maximum Gasteiger partial charge on any atom is 0.141 e. The van der Waals surface area contributed by atoms with Crippen molar-refractivity contribution >= 4 is 0 Å². The molecule has 5 heteroatoms. The van der Waals surface area contributed by atoms with Gasteiger partial charge >= 0.3 is 0 Å². The van der Waals surface area contributed by atoms with E-state index in [1.54, 1.807) is 0 Å². The zero-order valence-corrected chi connectivity index (χ0v) is 17.5. The molecule has 1 aliphatic heterocycles. The van der Waals surface area contributed by atoms with Gasteiger partial charge in [-0.3, -0.25) is 4.90 Å². The number of hydrogen-bond acceptors (Lipinski definition) is 4. The molecule has 3 aliphatic rings. The summed E-state index contributed by atoms with van der Waals surface area (Å²) in [5.74, 6) is 2.35. The summed E-state index contributed by atoms with van der Waals surface area (Å²) in [4.78, 5) is 7.07. The fraction of sp³-hybridized carbons (Fsp3) is 0.625. The monoisotopic (exact) mass is 395 g/mol. The summed E-state index contributed by atoms with van der Waals surface area (Å²) in [5.41, 5.74) is 0.515. The van der Waals surface area contributed by atoms with Crippen molar-refractivity contribution in [1.29, 1.82) is 0 Å². The molecule has 1 saturated heterocycles. The van der Waals surface area contributed by atoms with Gasteiger partial charge in [-0.05, 0) is 56.2 Å². The first kappa shape index (κ1) is 19.1. The summed E-state index contributed by atoms with van der Waals surface area (Å²) in [6, 6.07) is 8.63. The van der Waals surface area contributed by atoms with Crippen molar-refractivity contribution in [1.82, 2.24) is 14.5 Å². The number of benzene rings is 1. The molecule has 2 bridgehead atoms. The van der Waals surface area contributed by atoms with E-state index in [1.807, 2.05) is 24.0 Å². The highest BCUT2D eigenvalue weighted by atomic mass is 16.5. The minimum absolute atomic E-state index is 0.244. The molecule has 2 heterocycles. The minimum Gasteiger partial charge on any atom is -0.490 e. The average Bonchev–Trinajstić information content (AvgIpc) is 3.35. The first-order valence-electron chi connectivity index (χ1n) is 11.3. The van der Waals surface area contributed by atoms with Gasteiger partial charge < -0.3 is 14.4 Å². The molecule has 0 amide bonds. The Hall–Kier alpha value is -1.85. The fourth-order valence-electron chi connectivity index (χ4n) is 5.96. The predicted molar refractivity (Wildman–Crippen MR) is 113 cm³/mol. The molecule has 0 radical (unpaired) electrons. The van der Waals surface area contributed by atoms with E-state index in [2.05, 4.69) is 34.1 Å². The van der Waals surface area contributed by atoms with Gasteiger partial charge in [0, 0.05) is 50.9 Å². The van der Waals surface area contributed by atoms with Crippen molar-refractivity contribution in [3.63, 3.8) is 0 Å². The lowest BCUT2D eigenvalue weighted by molar-refractivity contribution is -0.155. The fourth-order valence-corrected chi connectivity index (χ4v) is 5.96. The summed E-state index contributed by atoms with van der Waals surface area (Å²) in [7, 11) is 2.00. The topological polar surface area (TPSA) is 50.5 Å². The Morgan fingerprint density at radius 2 is 1.86 bits per heavy atom. The SMILES string of the molecule is Cn1ccnc1C1(O)[C@@H]2CCC[C@@H]1CN(Cc1cccc(OC3CCCC3)c1)C2. The van der Waals surface area contributed by atoms with E-state index in [0.29, 0.717) is 6.10 Å². The van der Waals surface area contributed by atoms with Crippen molar-refractivity contribution in [3.8, 4) is 5.75 Å². The van der Waals surface area contributed by atoms with E-state index in [-0.39, 0.29) is 11.8 Å². The first-order chi connectivity index (χ1) is 14.1. The van der Waals surface area contributed by atoms with Crippen molar-refractivity contribution < 1.29 is 9.84 Å². The maximum atomic E-state index is 11.7. The third-order valence-electron chi connectivity index (χ3n) is 7.40. The van der Waals surface area contributed by atoms with Gasteiger partial charge in [0.15, 0.2) is 0 Å². The van der Waals surface area contributed by atoms with Crippen LogP contribution in [0.1, 0.15) is 56.3 Å². The van der Waals surface area contributed by atoms with Crippen LogP contribution in [0.15, 0.2) is 36.7 Å². The van der Waals surface area contributed by atoms with Gasteiger partial charge in [-0.15, -0.1) is 0 Å². The number of hydrogen-bond donors (Lipinski definition) is 1. The van der Waals surface area contributed by atoms with Crippen molar-refractivity contribution in [2.75, 3.05) is 13.1 Å². The lowest BCUT2D eigenvalue weighted by Crippen LogP contribution is -2.58. The number of aryl methyl sites for hydroxylation is 1. The third kappa shape index (κ3) is 3.59. The summed E-state index contributed by atoms with van der Waals surface area (Å²) < 4.78 is 8.21. The molecule has 29 heavy (non-hydrogen) atoms. The quantitative estimate of drug-likeness (QED) is 0.835. The van der Waals surface area contributed by atoms with Crippen LogP contribution in [0, 0.1) is 11.8 Å². The van der Waals surface area contributed by atoms with E-state index < -0.39 is 5.60 Å². The van der Waals surface area contributed by atoms with Crippen molar-refractivity contribution in [3.05, 3.63) is 48.0 Å². The highest BCUT2D eigenvalue weighted by Crippen LogP contribution is 2.48. The minimum atomic E-state index is -0.791. The van der Waals surface area contributed by atoms with Crippen LogP contribution in [0.3, 0.4) is 0 Å². The van der Waals surface area contributed by atoms with Gasteiger partial charge in [0.05, 0.1) is 6.10 Å². The van der Waals surface area contributed by atoms with E-state index in [1.165, 1.54) is 37.7 Å². The second-order valence-corrected chi connectivity index (χ2v) is 9.38. The predicted octanol–water partition coefficient (Wildman–Crippen LogP) is 3.86. The van der Waals surface area contributed by atoms with Crippen LogP contribution >= 0.6 is 0 Å².